The molecule has 1 fully saturated rings. The van der Waals surface area contributed by atoms with Gasteiger partial charge in [-0.25, -0.2) is 0 Å². The molecule has 3 nitrogen and oxygen atoms in total. The van der Waals surface area contributed by atoms with Gasteiger partial charge in [0.1, 0.15) is 0 Å². The standard InChI is InChI=1S/C15H27N3/c1-3-16-15(14-7-5-6-8-14)10-9-13-11-17-18(4-2)12-13/h11-12,14-16H,3-10H2,1-2H3. The molecule has 1 aliphatic carbocycles. The minimum absolute atomic E-state index is 0.711. The zero-order valence-electron chi connectivity index (χ0n) is 11.9. The lowest BCUT2D eigenvalue weighted by Gasteiger charge is -2.24. The summed E-state index contributed by atoms with van der Waals surface area (Å²) >= 11 is 0. The molecule has 1 saturated carbocycles. The molecule has 0 radical (unpaired) electrons. The van der Waals surface area contributed by atoms with Gasteiger partial charge in [-0.3, -0.25) is 4.68 Å². The first-order chi connectivity index (χ1) is 8.83. The van der Waals surface area contributed by atoms with E-state index in [1.807, 2.05) is 10.9 Å². The highest BCUT2D eigenvalue weighted by atomic mass is 15.3. The lowest BCUT2D eigenvalue weighted by Crippen LogP contribution is -2.35. The van der Waals surface area contributed by atoms with Crippen LogP contribution in [0.4, 0.5) is 0 Å². The first kappa shape index (κ1) is 13.6. The molecule has 0 saturated heterocycles. The second kappa shape index (κ2) is 6.93. The van der Waals surface area contributed by atoms with Crippen molar-refractivity contribution < 1.29 is 0 Å². The average Bonchev–Trinajstić information content (AvgIpc) is 3.05. The summed E-state index contributed by atoms with van der Waals surface area (Å²) in [4.78, 5) is 0. The summed E-state index contributed by atoms with van der Waals surface area (Å²) in [6.07, 6.45) is 12.3. The van der Waals surface area contributed by atoms with Crippen LogP contribution in [0.25, 0.3) is 0 Å². The summed E-state index contributed by atoms with van der Waals surface area (Å²) in [5.41, 5.74) is 1.39. The molecule has 0 amide bonds. The van der Waals surface area contributed by atoms with E-state index in [0.717, 1.165) is 25.4 Å². The molecular weight excluding hydrogens is 222 g/mol. The van der Waals surface area contributed by atoms with Gasteiger partial charge < -0.3 is 5.32 Å². The molecule has 1 N–H and O–H groups in total. The number of aromatic nitrogens is 2. The molecule has 102 valence electrons. The highest BCUT2D eigenvalue weighted by Gasteiger charge is 2.23. The van der Waals surface area contributed by atoms with Crippen molar-refractivity contribution in [2.24, 2.45) is 5.92 Å². The van der Waals surface area contributed by atoms with E-state index >= 15 is 0 Å². The minimum Gasteiger partial charge on any atom is -0.314 e. The van der Waals surface area contributed by atoms with Crippen LogP contribution < -0.4 is 5.32 Å². The summed E-state index contributed by atoms with van der Waals surface area (Å²) in [5.74, 6) is 0.908. The molecule has 1 aromatic rings. The summed E-state index contributed by atoms with van der Waals surface area (Å²) < 4.78 is 2.02. The molecule has 3 heteroatoms. The quantitative estimate of drug-likeness (QED) is 0.805. The van der Waals surface area contributed by atoms with Crippen LogP contribution >= 0.6 is 0 Å². The van der Waals surface area contributed by atoms with Crippen molar-refractivity contribution in [2.75, 3.05) is 6.54 Å². The minimum atomic E-state index is 0.711. The first-order valence-electron chi connectivity index (χ1n) is 7.58. The SMILES string of the molecule is CCNC(CCc1cnn(CC)c1)C1CCCC1. The maximum absolute atomic E-state index is 4.35. The fraction of sp³-hybridized carbons (Fsp3) is 0.800. The molecule has 0 bridgehead atoms. The molecule has 18 heavy (non-hydrogen) atoms. The monoisotopic (exact) mass is 249 g/mol. The van der Waals surface area contributed by atoms with Gasteiger partial charge in [0.2, 0.25) is 0 Å². The van der Waals surface area contributed by atoms with E-state index in [9.17, 15) is 0 Å². The van der Waals surface area contributed by atoms with E-state index in [-0.39, 0.29) is 0 Å². The third kappa shape index (κ3) is 3.58. The second-order valence-electron chi connectivity index (χ2n) is 5.45. The third-order valence-corrected chi connectivity index (χ3v) is 4.19. The van der Waals surface area contributed by atoms with Gasteiger partial charge in [-0.1, -0.05) is 19.8 Å². The highest BCUT2D eigenvalue weighted by molar-refractivity contribution is 5.04. The van der Waals surface area contributed by atoms with Gasteiger partial charge in [0.25, 0.3) is 0 Å². The molecule has 1 heterocycles. The number of aryl methyl sites for hydroxylation is 2. The Morgan fingerprint density at radius 2 is 2.17 bits per heavy atom. The van der Waals surface area contributed by atoms with Gasteiger partial charge in [-0.2, -0.15) is 5.10 Å². The summed E-state index contributed by atoms with van der Waals surface area (Å²) in [6.45, 7) is 6.42. The van der Waals surface area contributed by atoms with Crippen molar-refractivity contribution >= 4 is 0 Å². The molecule has 2 rings (SSSR count). The zero-order chi connectivity index (χ0) is 12.8. The normalized spacial score (nSPS) is 18.3. The third-order valence-electron chi connectivity index (χ3n) is 4.19. The predicted molar refractivity (Wildman–Crippen MR) is 75.6 cm³/mol. The number of hydrogen-bond acceptors (Lipinski definition) is 2. The van der Waals surface area contributed by atoms with E-state index in [4.69, 9.17) is 0 Å². The average molecular weight is 249 g/mol. The van der Waals surface area contributed by atoms with Crippen LogP contribution in [-0.2, 0) is 13.0 Å². The topological polar surface area (TPSA) is 29.9 Å². The Balaban J connectivity index is 1.84. The van der Waals surface area contributed by atoms with Gasteiger partial charge in [0.15, 0.2) is 0 Å². The lowest BCUT2D eigenvalue weighted by molar-refractivity contribution is 0.346. The fourth-order valence-corrected chi connectivity index (χ4v) is 3.16. The van der Waals surface area contributed by atoms with Gasteiger partial charge in [-0.15, -0.1) is 0 Å². The molecule has 0 aliphatic heterocycles. The van der Waals surface area contributed by atoms with Gasteiger partial charge >= 0.3 is 0 Å². The largest absolute Gasteiger partial charge is 0.314 e. The Labute approximate surface area is 111 Å². The Morgan fingerprint density at radius 1 is 1.39 bits per heavy atom. The van der Waals surface area contributed by atoms with Crippen LogP contribution in [0.2, 0.25) is 0 Å². The van der Waals surface area contributed by atoms with Crippen molar-refractivity contribution in [1.29, 1.82) is 0 Å². The van der Waals surface area contributed by atoms with Crippen molar-refractivity contribution in [3.63, 3.8) is 0 Å². The number of nitrogens with one attached hydrogen (secondary N) is 1. The first-order valence-corrected chi connectivity index (χ1v) is 7.58. The summed E-state index contributed by atoms with van der Waals surface area (Å²) in [6, 6.07) is 0.711. The maximum Gasteiger partial charge on any atom is 0.0521 e. The zero-order valence-corrected chi connectivity index (χ0v) is 11.9. The molecule has 1 unspecified atom stereocenters. The number of hydrogen-bond donors (Lipinski definition) is 1. The van der Waals surface area contributed by atoms with Crippen LogP contribution in [0.15, 0.2) is 12.4 Å². The molecule has 1 aliphatic rings. The van der Waals surface area contributed by atoms with Crippen molar-refractivity contribution in [1.82, 2.24) is 15.1 Å². The molecule has 0 aromatic carbocycles. The van der Waals surface area contributed by atoms with Gasteiger partial charge in [0.05, 0.1) is 6.20 Å². The van der Waals surface area contributed by atoms with E-state index in [0.29, 0.717) is 6.04 Å². The Hall–Kier alpha value is -0.830. The molecule has 1 atom stereocenters. The van der Waals surface area contributed by atoms with Crippen molar-refractivity contribution in [3.8, 4) is 0 Å². The van der Waals surface area contributed by atoms with Crippen LogP contribution in [0, 0.1) is 5.92 Å². The van der Waals surface area contributed by atoms with E-state index < -0.39 is 0 Å². The van der Waals surface area contributed by atoms with E-state index in [1.165, 1.54) is 37.7 Å². The Morgan fingerprint density at radius 3 is 2.78 bits per heavy atom. The van der Waals surface area contributed by atoms with Crippen LogP contribution in [0.1, 0.15) is 51.5 Å². The van der Waals surface area contributed by atoms with Crippen molar-refractivity contribution in [2.45, 2.75) is 65.0 Å². The Bertz CT molecular complexity index is 339. The fourth-order valence-electron chi connectivity index (χ4n) is 3.16. The maximum atomic E-state index is 4.35. The van der Waals surface area contributed by atoms with Crippen LogP contribution in [-0.4, -0.2) is 22.4 Å². The van der Waals surface area contributed by atoms with Crippen LogP contribution in [0.5, 0.6) is 0 Å². The van der Waals surface area contributed by atoms with Gasteiger partial charge in [0, 0.05) is 18.8 Å². The smallest absolute Gasteiger partial charge is 0.0521 e. The van der Waals surface area contributed by atoms with E-state index in [2.05, 4.69) is 30.5 Å². The van der Waals surface area contributed by atoms with Crippen LogP contribution in [0.3, 0.4) is 0 Å². The summed E-state index contributed by atoms with van der Waals surface area (Å²) in [5, 5.41) is 8.04. The second-order valence-corrected chi connectivity index (χ2v) is 5.45. The van der Waals surface area contributed by atoms with Gasteiger partial charge in [-0.05, 0) is 50.6 Å². The molecule has 0 spiro atoms. The lowest BCUT2D eigenvalue weighted by atomic mass is 9.93. The molecular formula is C15H27N3. The highest BCUT2D eigenvalue weighted by Crippen LogP contribution is 2.29. The van der Waals surface area contributed by atoms with E-state index in [1.54, 1.807) is 0 Å². The Kier molecular flexibility index (Phi) is 5.24. The number of nitrogens with zero attached hydrogens (tertiary/aromatic N) is 2. The van der Waals surface area contributed by atoms with Crippen molar-refractivity contribution in [3.05, 3.63) is 18.0 Å². The number of rotatable bonds is 7. The summed E-state index contributed by atoms with van der Waals surface area (Å²) in [7, 11) is 0. The molecule has 1 aromatic heterocycles. The predicted octanol–water partition coefficient (Wildman–Crippen LogP) is 3.00.